The lowest BCUT2D eigenvalue weighted by Crippen LogP contribution is -2.56. The van der Waals surface area contributed by atoms with E-state index in [4.69, 9.17) is 0 Å². The van der Waals surface area contributed by atoms with E-state index in [1.165, 1.54) is 31.2 Å². The standard InChI is InChI=1S/C27H25FN2O4/c1-27(34)16-21(31)23(25(32)29-19-8-4-2-5-9-19)22(17-12-14-18(28)15-13-17)24(27)26(33)30-20-10-6-3-7-11-20/h2-15,22-24,34H,16H2,1H3,(H,29,32)(H,30,33)/t22-,23-,24+,27-/m0/s1. The second-order valence-electron chi connectivity index (χ2n) is 8.74. The fraction of sp³-hybridized carbons (Fsp3) is 0.222. The number of Topliss-reactive ketones (excluding diaryl/α,β-unsaturated/α-hetero) is 1. The van der Waals surface area contributed by atoms with Crippen molar-refractivity contribution >= 4 is 29.0 Å². The van der Waals surface area contributed by atoms with E-state index in [0.29, 0.717) is 16.9 Å². The van der Waals surface area contributed by atoms with Crippen LogP contribution in [0.1, 0.15) is 24.8 Å². The second-order valence-corrected chi connectivity index (χ2v) is 8.74. The van der Waals surface area contributed by atoms with E-state index < -0.39 is 46.8 Å². The van der Waals surface area contributed by atoms with E-state index in [9.17, 15) is 23.9 Å². The summed E-state index contributed by atoms with van der Waals surface area (Å²) in [5.41, 5.74) is -0.293. The second kappa shape index (κ2) is 9.57. The van der Waals surface area contributed by atoms with Gasteiger partial charge in [-0.2, -0.15) is 0 Å². The third-order valence-electron chi connectivity index (χ3n) is 6.17. The Morgan fingerprint density at radius 1 is 0.853 bits per heavy atom. The Balaban J connectivity index is 1.76. The summed E-state index contributed by atoms with van der Waals surface area (Å²) in [6, 6.07) is 22.7. The van der Waals surface area contributed by atoms with Gasteiger partial charge in [0.1, 0.15) is 17.5 Å². The molecule has 1 aliphatic rings. The molecule has 0 radical (unpaired) electrons. The lowest BCUT2D eigenvalue weighted by Gasteiger charge is -2.44. The van der Waals surface area contributed by atoms with Gasteiger partial charge in [-0.1, -0.05) is 48.5 Å². The summed E-state index contributed by atoms with van der Waals surface area (Å²) in [4.78, 5) is 40.0. The Morgan fingerprint density at radius 3 is 1.88 bits per heavy atom. The van der Waals surface area contributed by atoms with E-state index in [1.807, 2.05) is 0 Å². The number of ketones is 1. The molecule has 3 aromatic carbocycles. The van der Waals surface area contributed by atoms with Crippen LogP contribution in [-0.2, 0) is 14.4 Å². The first-order chi connectivity index (χ1) is 16.3. The van der Waals surface area contributed by atoms with Crippen LogP contribution in [0, 0.1) is 17.7 Å². The lowest BCUT2D eigenvalue weighted by atomic mass is 9.61. The average Bonchev–Trinajstić information content (AvgIpc) is 2.79. The lowest BCUT2D eigenvalue weighted by molar-refractivity contribution is -0.150. The number of carbonyl (C=O) groups is 3. The minimum Gasteiger partial charge on any atom is -0.389 e. The molecule has 0 bridgehead atoms. The van der Waals surface area contributed by atoms with Crippen LogP contribution in [-0.4, -0.2) is 28.3 Å². The van der Waals surface area contributed by atoms with Crippen molar-refractivity contribution in [3.63, 3.8) is 0 Å². The minimum atomic E-state index is -1.72. The highest BCUT2D eigenvalue weighted by molar-refractivity contribution is 6.10. The van der Waals surface area contributed by atoms with Crippen molar-refractivity contribution in [1.29, 1.82) is 0 Å². The maximum atomic E-state index is 13.7. The molecular weight excluding hydrogens is 435 g/mol. The molecule has 7 heteroatoms. The number of hydrogen-bond donors (Lipinski definition) is 3. The largest absolute Gasteiger partial charge is 0.389 e. The van der Waals surface area contributed by atoms with Crippen molar-refractivity contribution < 1.29 is 23.9 Å². The smallest absolute Gasteiger partial charge is 0.235 e. The number of hydrogen-bond acceptors (Lipinski definition) is 4. The first kappa shape index (κ1) is 23.3. The van der Waals surface area contributed by atoms with Crippen LogP contribution in [0.15, 0.2) is 84.9 Å². The molecule has 0 unspecified atom stereocenters. The molecule has 0 heterocycles. The molecule has 3 N–H and O–H groups in total. The topological polar surface area (TPSA) is 95.5 Å². The summed E-state index contributed by atoms with van der Waals surface area (Å²) in [7, 11) is 0. The van der Waals surface area contributed by atoms with Gasteiger partial charge in [0.15, 0.2) is 0 Å². The highest BCUT2D eigenvalue weighted by atomic mass is 19.1. The molecule has 34 heavy (non-hydrogen) atoms. The SMILES string of the molecule is C[C@]1(O)CC(=O)[C@H](C(=O)Nc2ccccc2)[C@H](c2ccc(F)cc2)[C@@H]1C(=O)Nc1ccccc1. The van der Waals surface area contributed by atoms with Crippen molar-refractivity contribution in [1.82, 2.24) is 0 Å². The van der Waals surface area contributed by atoms with Crippen molar-refractivity contribution in [3.8, 4) is 0 Å². The number of amides is 2. The van der Waals surface area contributed by atoms with Crippen LogP contribution in [0.3, 0.4) is 0 Å². The third kappa shape index (κ3) is 4.89. The van der Waals surface area contributed by atoms with Gasteiger partial charge in [-0.3, -0.25) is 14.4 Å². The minimum absolute atomic E-state index is 0.371. The predicted molar refractivity (Wildman–Crippen MR) is 127 cm³/mol. The van der Waals surface area contributed by atoms with Gasteiger partial charge in [-0.05, 0) is 48.9 Å². The maximum Gasteiger partial charge on any atom is 0.235 e. The zero-order valence-electron chi connectivity index (χ0n) is 18.6. The van der Waals surface area contributed by atoms with Gasteiger partial charge in [0.05, 0.1) is 11.5 Å². The van der Waals surface area contributed by atoms with Crippen LogP contribution in [0.5, 0.6) is 0 Å². The molecule has 2 amide bonds. The van der Waals surface area contributed by atoms with Gasteiger partial charge in [0.2, 0.25) is 11.8 Å². The third-order valence-corrected chi connectivity index (χ3v) is 6.17. The molecule has 0 aliphatic heterocycles. The Hall–Kier alpha value is -3.84. The van der Waals surface area contributed by atoms with Crippen molar-refractivity contribution in [2.45, 2.75) is 24.9 Å². The first-order valence-corrected chi connectivity index (χ1v) is 11.0. The van der Waals surface area contributed by atoms with Crippen LogP contribution >= 0.6 is 0 Å². The average molecular weight is 461 g/mol. The monoisotopic (exact) mass is 460 g/mol. The highest BCUT2D eigenvalue weighted by Gasteiger charge is 2.55. The molecule has 0 aromatic heterocycles. The number of carbonyl (C=O) groups excluding carboxylic acids is 3. The number of rotatable bonds is 5. The molecule has 1 saturated carbocycles. The molecule has 0 spiro atoms. The molecule has 4 atom stereocenters. The van der Waals surface area contributed by atoms with E-state index in [2.05, 4.69) is 10.6 Å². The van der Waals surface area contributed by atoms with E-state index in [1.54, 1.807) is 60.7 Å². The zero-order chi connectivity index (χ0) is 24.3. The quantitative estimate of drug-likeness (QED) is 0.499. The number of aliphatic hydroxyl groups is 1. The summed E-state index contributed by atoms with van der Waals surface area (Å²) in [5, 5.41) is 16.8. The molecule has 0 saturated heterocycles. The molecule has 1 aliphatic carbocycles. The predicted octanol–water partition coefficient (Wildman–Crippen LogP) is 4.14. The van der Waals surface area contributed by atoms with Gasteiger partial charge in [0, 0.05) is 23.7 Å². The first-order valence-electron chi connectivity index (χ1n) is 11.0. The molecule has 6 nitrogen and oxygen atoms in total. The number of benzene rings is 3. The number of para-hydroxylation sites is 2. The van der Waals surface area contributed by atoms with Gasteiger partial charge in [0.25, 0.3) is 0 Å². The Labute approximate surface area is 196 Å². The Morgan fingerprint density at radius 2 is 1.35 bits per heavy atom. The fourth-order valence-corrected chi connectivity index (χ4v) is 4.66. The summed E-state index contributed by atoms with van der Waals surface area (Å²) in [6.45, 7) is 1.42. The van der Waals surface area contributed by atoms with Crippen LogP contribution in [0.25, 0.3) is 0 Å². The van der Waals surface area contributed by atoms with Crippen molar-refractivity contribution in [2.24, 2.45) is 11.8 Å². The number of anilines is 2. The van der Waals surface area contributed by atoms with Crippen LogP contribution in [0.4, 0.5) is 15.8 Å². The maximum absolute atomic E-state index is 13.7. The summed E-state index contributed by atoms with van der Waals surface area (Å²) in [6.07, 6.45) is -0.371. The van der Waals surface area contributed by atoms with Gasteiger partial charge in [-0.15, -0.1) is 0 Å². The Bertz CT molecular complexity index is 1180. The van der Waals surface area contributed by atoms with Gasteiger partial charge < -0.3 is 15.7 Å². The van der Waals surface area contributed by atoms with Gasteiger partial charge in [-0.25, -0.2) is 4.39 Å². The molecule has 1 fully saturated rings. The molecule has 174 valence electrons. The summed E-state index contributed by atoms with van der Waals surface area (Å²) >= 11 is 0. The fourth-order valence-electron chi connectivity index (χ4n) is 4.66. The zero-order valence-corrected chi connectivity index (χ0v) is 18.6. The summed E-state index contributed by atoms with van der Waals surface area (Å²) < 4.78 is 13.7. The highest BCUT2D eigenvalue weighted by Crippen LogP contribution is 2.46. The number of halogens is 1. The number of nitrogens with one attached hydrogen (secondary N) is 2. The van der Waals surface area contributed by atoms with Crippen molar-refractivity contribution in [3.05, 3.63) is 96.3 Å². The molecule has 4 rings (SSSR count). The van der Waals surface area contributed by atoms with Crippen LogP contribution < -0.4 is 10.6 Å². The van der Waals surface area contributed by atoms with Crippen LogP contribution in [0.2, 0.25) is 0 Å². The van der Waals surface area contributed by atoms with E-state index in [0.717, 1.165) is 0 Å². The molecule has 3 aromatic rings. The molecular formula is C27H25FN2O4. The van der Waals surface area contributed by atoms with Crippen molar-refractivity contribution in [2.75, 3.05) is 10.6 Å². The Kier molecular flexibility index (Phi) is 6.56. The summed E-state index contributed by atoms with van der Waals surface area (Å²) in [5.74, 6) is -5.51. The van der Waals surface area contributed by atoms with Gasteiger partial charge >= 0.3 is 0 Å². The van der Waals surface area contributed by atoms with E-state index in [-0.39, 0.29) is 6.42 Å². The van der Waals surface area contributed by atoms with E-state index >= 15 is 0 Å². The normalized spacial score (nSPS) is 24.3.